The van der Waals surface area contributed by atoms with Crippen LogP contribution in [0.2, 0.25) is 0 Å². The number of morpholine rings is 1. The van der Waals surface area contributed by atoms with Crippen LogP contribution in [-0.2, 0) is 10.9 Å². The maximum Gasteiger partial charge on any atom is 0.433 e. The van der Waals surface area contributed by atoms with Gasteiger partial charge in [-0.15, -0.1) is 0 Å². The Morgan fingerprint density at radius 1 is 1.23 bits per heavy atom. The number of pyridine rings is 1. The van der Waals surface area contributed by atoms with Crippen molar-refractivity contribution in [2.45, 2.75) is 76.7 Å². The van der Waals surface area contributed by atoms with E-state index in [0.717, 1.165) is 57.3 Å². The smallest absolute Gasteiger partial charge is 0.376 e. The first kappa shape index (κ1) is 22.2. The molecule has 1 saturated heterocycles. The summed E-state index contributed by atoms with van der Waals surface area (Å²) in [6.45, 7) is 8.99. The van der Waals surface area contributed by atoms with Crippen LogP contribution >= 0.6 is 0 Å². The highest BCUT2D eigenvalue weighted by atomic mass is 19.4. The molecule has 1 saturated carbocycles. The summed E-state index contributed by atoms with van der Waals surface area (Å²) in [7, 11) is 0. The van der Waals surface area contributed by atoms with E-state index in [9.17, 15) is 13.2 Å². The van der Waals surface area contributed by atoms with Crippen molar-refractivity contribution in [1.82, 2.24) is 24.6 Å². The highest BCUT2D eigenvalue weighted by molar-refractivity contribution is 5.53. The summed E-state index contributed by atoms with van der Waals surface area (Å²) in [6, 6.07) is 3.01. The van der Waals surface area contributed by atoms with Crippen LogP contribution < -0.4 is 0 Å². The molecular weight excluding hydrogens is 407 g/mol. The first-order chi connectivity index (χ1) is 14.8. The van der Waals surface area contributed by atoms with Crippen molar-refractivity contribution in [3.05, 3.63) is 29.8 Å². The normalized spacial score (nSPS) is 25.5. The van der Waals surface area contributed by atoms with Crippen LogP contribution in [0.4, 0.5) is 13.2 Å². The summed E-state index contributed by atoms with van der Waals surface area (Å²) in [5, 5.41) is 4.63. The van der Waals surface area contributed by atoms with Crippen LogP contribution in [0.25, 0.3) is 11.4 Å². The molecule has 1 aliphatic heterocycles. The number of ether oxygens (including phenoxy) is 1. The van der Waals surface area contributed by atoms with Crippen molar-refractivity contribution < 1.29 is 17.9 Å². The molecule has 0 radical (unpaired) electrons. The average Bonchev–Trinajstić information content (AvgIpc) is 3.41. The Labute approximate surface area is 180 Å². The fraction of sp³-hybridized carbons (Fsp3) is 0.682. The third kappa shape index (κ3) is 4.77. The third-order valence-corrected chi connectivity index (χ3v) is 6.37. The van der Waals surface area contributed by atoms with Gasteiger partial charge >= 0.3 is 6.18 Å². The molecular formula is C22H30F3N5O. The van der Waals surface area contributed by atoms with Crippen molar-refractivity contribution in [1.29, 1.82) is 0 Å². The Balaban J connectivity index is 1.53. The molecule has 3 heterocycles. The van der Waals surface area contributed by atoms with E-state index in [2.05, 4.69) is 21.9 Å². The molecule has 1 aliphatic carbocycles. The van der Waals surface area contributed by atoms with Gasteiger partial charge in [0.15, 0.2) is 5.82 Å². The van der Waals surface area contributed by atoms with Crippen molar-refractivity contribution in [3.8, 4) is 11.4 Å². The molecule has 0 aromatic carbocycles. The number of rotatable bonds is 5. The maximum absolute atomic E-state index is 12.8. The van der Waals surface area contributed by atoms with Crippen LogP contribution in [0.1, 0.15) is 69.9 Å². The van der Waals surface area contributed by atoms with Crippen LogP contribution in [0.3, 0.4) is 0 Å². The Bertz CT molecular complexity index is 880. The van der Waals surface area contributed by atoms with Gasteiger partial charge in [-0.1, -0.05) is 6.92 Å². The largest absolute Gasteiger partial charge is 0.433 e. The molecule has 2 aliphatic rings. The predicted octanol–water partition coefficient (Wildman–Crippen LogP) is 4.69. The highest BCUT2D eigenvalue weighted by Gasteiger charge is 2.36. The molecule has 3 atom stereocenters. The quantitative estimate of drug-likeness (QED) is 0.680. The molecule has 9 heteroatoms. The van der Waals surface area contributed by atoms with Gasteiger partial charge < -0.3 is 4.74 Å². The zero-order chi connectivity index (χ0) is 22.2. The van der Waals surface area contributed by atoms with E-state index in [0.29, 0.717) is 29.5 Å². The lowest BCUT2D eigenvalue weighted by molar-refractivity contribution is -0.141. The number of halogens is 3. The monoisotopic (exact) mass is 437 g/mol. The molecule has 2 fully saturated rings. The lowest BCUT2D eigenvalue weighted by Gasteiger charge is -2.36. The molecule has 170 valence electrons. The molecule has 2 aromatic heterocycles. The molecule has 6 nitrogen and oxygen atoms in total. The lowest BCUT2D eigenvalue weighted by atomic mass is 10.1. The molecule has 0 unspecified atom stereocenters. The molecule has 0 spiro atoms. The van der Waals surface area contributed by atoms with Crippen molar-refractivity contribution in [3.63, 3.8) is 0 Å². The van der Waals surface area contributed by atoms with E-state index < -0.39 is 11.9 Å². The first-order valence-corrected chi connectivity index (χ1v) is 11.1. The SMILES string of the molecule is CC[C@@H]1CN([C@@H]2CC[C@H](c3nc(-c4ccc(C(F)(F)F)nc4)nn3C(C)C)C2)CCO1. The second kappa shape index (κ2) is 8.86. The Hall–Kier alpha value is -2.00. The minimum Gasteiger partial charge on any atom is -0.376 e. The van der Waals surface area contributed by atoms with Gasteiger partial charge in [0.1, 0.15) is 11.5 Å². The van der Waals surface area contributed by atoms with E-state index in [1.807, 2.05) is 18.5 Å². The van der Waals surface area contributed by atoms with E-state index in [4.69, 9.17) is 9.72 Å². The standard InChI is InChI=1S/C22H30F3N5O/c1-4-18-13-29(9-10-31-18)17-7-5-15(11-17)21-27-20(28-30(21)14(2)3)16-6-8-19(26-12-16)22(23,24)25/h6,8,12,14-15,17-18H,4-5,7,9-11,13H2,1-3H3/t15-,17+,18+/m0/s1. The van der Waals surface area contributed by atoms with Gasteiger partial charge in [-0.25, -0.2) is 9.67 Å². The summed E-state index contributed by atoms with van der Waals surface area (Å²) >= 11 is 0. The second-order valence-corrected chi connectivity index (χ2v) is 8.82. The third-order valence-electron chi connectivity index (χ3n) is 6.37. The fourth-order valence-electron chi connectivity index (χ4n) is 4.65. The predicted molar refractivity (Wildman–Crippen MR) is 111 cm³/mol. The Morgan fingerprint density at radius 3 is 2.68 bits per heavy atom. The second-order valence-electron chi connectivity index (χ2n) is 8.82. The minimum atomic E-state index is -4.45. The van der Waals surface area contributed by atoms with Gasteiger partial charge in [0.2, 0.25) is 0 Å². The molecule has 2 aromatic rings. The van der Waals surface area contributed by atoms with Crippen LogP contribution in [0, 0.1) is 0 Å². The van der Waals surface area contributed by atoms with Gasteiger partial charge in [0.25, 0.3) is 0 Å². The zero-order valence-corrected chi connectivity index (χ0v) is 18.3. The molecule has 0 amide bonds. The Morgan fingerprint density at radius 2 is 2.03 bits per heavy atom. The van der Waals surface area contributed by atoms with Crippen molar-refractivity contribution in [2.75, 3.05) is 19.7 Å². The number of aromatic nitrogens is 4. The van der Waals surface area contributed by atoms with Gasteiger partial charge in [0.05, 0.1) is 12.7 Å². The van der Waals surface area contributed by atoms with Crippen molar-refractivity contribution in [2.24, 2.45) is 0 Å². The van der Waals surface area contributed by atoms with E-state index in [1.165, 1.54) is 12.3 Å². The van der Waals surface area contributed by atoms with Crippen molar-refractivity contribution >= 4 is 0 Å². The van der Waals surface area contributed by atoms with Gasteiger partial charge in [-0.3, -0.25) is 9.88 Å². The first-order valence-electron chi connectivity index (χ1n) is 11.1. The summed E-state index contributed by atoms with van der Waals surface area (Å²) in [6.07, 6.45) is 1.27. The van der Waals surface area contributed by atoms with Crippen LogP contribution in [-0.4, -0.2) is 56.5 Å². The van der Waals surface area contributed by atoms with Crippen LogP contribution in [0.5, 0.6) is 0 Å². The van der Waals surface area contributed by atoms with Gasteiger partial charge in [0, 0.05) is 42.9 Å². The summed E-state index contributed by atoms with van der Waals surface area (Å²) in [5.74, 6) is 1.65. The van der Waals surface area contributed by atoms with E-state index >= 15 is 0 Å². The lowest BCUT2D eigenvalue weighted by Crippen LogP contribution is -2.46. The molecule has 4 rings (SSSR count). The summed E-state index contributed by atoms with van der Waals surface area (Å²) < 4.78 is 46.2. The number of hydrogen-bond donors (Lipinski definition) is 0. The maximum atomic E-state index is 12.8. The minimum absolute atomic E-state index is 0.116. The van der Waals surface area contributed by atoms with E-state index in [1.54, 1.807) is 0 Å². The van der Waals surface area contributed by atoms with Crippen LogP contribution in [0.15, 0.2) is 18.3 Å². The van der Waals surface area contributed by atoms with Gasteiger partial charge in [-0.05, 0) is 51.7 Å². The zero-order valence-electron chi connectivity index (χ0n) is 18.3. The molecule has 0 N–H and O–H groups in total. The topological polar surface area (TPSA) is 56.1 Å². The summed E-state index contributed by atoms with van der Waals surface area (Å²) in [4.78, 5) is 10.9. The van der Waals surface area contributed by atoms with Gasteiger partial charge in [-0.2, -0.15) is 18.3 Å². The number of hydrogen-bond acceptors (Lipinski definition) is 5. The molecule has 0 bridgehead atoms. The number of nitrogens with zero attached hydrogens (tertiary/aromatic N) is 5. The molecule has 31 heavy (non-hydrogen) atoms. The summed E-state index contributed by atoms with van der Waals surface area (Å²) in [5.41, 5.74) is -0.406. The highest BCUT2D eigenvalue weighted by Crippen LogP contribution is 2.38. The van der Waals surface area contributed by atoms with E-state index in [-0.39, 0.29) is 6.04 Å². The number of alkyl halides is 3. The fourth-order valence-corrected chi connectivity index (χ4v) is 4.65. The average molecular weight is 438 g/mol. The Kier molecular flexibility index (Phi) is 6.35.